The molecule has 2 aliphatic carbocycles. The van der Waals surface area contributed by atoms with E-state index in [1.807, 2.05) is 18.2 Å². The fourth-order valence-corrected chi connectivity index (χ4v) is 5.55. The second-order valence-corrected chi connectivity index (χ2v) is 8.39. The highest BCUT2D eigenvalue weighted by atomic mass is 32.1. The number of thiazole rings is 1. The molecule has 0 radical (unpaired) electrons. The van der Waals surface area contributed by atoms with E-state index in [1.54, 1.807) is 11.3 Å². The summed E-state index contributed by atoms with van der Waals surface area (Å²) in [5.74, 6) is 2.69. The first-order valence-electron chi connectivity index (χ1n) is 8.83. The van der Waals surface area contributed by atoms with E-state index in [0.717, 1.165) is 28.8 Å². The average molecular weight is 328 g/mol. The van der Waals surface area contributed by atoms with Crippen LogP contribution in [0, 0.1) is 17.8 Å². The summed E-state index contributed by atoms with van der Waals surface area (Å²) in [7, 11) is 0. The van der Waals surface area contributed by atoms with Gasteiger partial charge in [0, 0.05) is 18.9 Å². The quantitative estimate of drug-likeness (QED) is 0.895. The van der Waals surface area contributed by atoms with Crippen molar-refractivity contribution in [1.82, 2.24) is 10.3 Å². The van der Waals surface area contributed by atoms with Crippen LogP contribution in [0.1, 0.15) is 44.0 Å². The first kappa shape index (κ1) is 15.1. The number of aryl methyl sites for hydroxylation is 1. The fraction of sp³-hybridized carbons (Fsp3) is 0.579. The van der Waals surface area contributed by atoms with Crippen molar-refractivity contribution in [2.24, 2.45) is 17.8 Å². The van der Waals surface area contributed by atoms with Crippen LogP contribution in [-0.2, 0) is 11.2 Å². The largest absolute Gasteiger partial charge is 0.353 e. The second kappa shape index (κ2) is 6.23. The van der Waals surface area contributed by atoms with Crippen molar-refractivity contribution in [2.45, 2.75) is 51.5 Å². The molecule has 0 saturated heterocycles. The van der Waals surface area contributed by atoms with Gasteiger partial charge in [0.25, 0.3) is 0 Å². The summed E-state index contributed by atoms with van der Waals surface area (Å²) >= 11 is 1.70. The van der Waals surface area contributed by atoms with Crippen LogP contribution in [0.3, 0.4) is 0 Å². The lowest BCUT2D eigenvalue weighted by molar-refractivity contribution is -0.122. The zero-order chi connectivity index (χ0) is 15.8. The topological polar surface area (TPSA) is 42.0 Å². The van der Waals surface area contributed by atoms with E-state index in [4.69, 9.17) is 0 Å². The summed E-state index contributed by atoms with van der Waals surface area (Å²) in [6.07, 6.45) is 6.81. The van der Waals surface area contributed by atoms with Gasteiger partial charge < -0.3 is 5.32 Å². The molecule has 0 unspecified atom stereocenters. The van der Waals surface area contributed by atoms with Gasteiger partial charge in [-0.05, 0) is 56.1 Å². The molecule has 2 aromatic rings. The highest BCUT2D eigenvalue weighted by molar-refractivity contribution is 7.18. The minimum atomic E-state index is 0.180. The molecule has 0 aliphatic heterocycles. The number of fused-ring (bicyclic) bond motifs is 3. The molecular weight excluding hydrogens is 304 g/mol. The van der Waals surface area contributed by atoms with Crippen LogP contribution in [0.4, 0.5) is 0 Å². The number of hydrogen-bond acceptors (Lipinski definition) is 3. The van der Waals surface area contributed by atoms with Gasteiger partial charge in [0.15, 0.2) is 0 Å². The lowest BCUT2D eigenvalue weighted by Gasteiger charge is -2.28. The molecule has 1 amide bonds. The van der Waals surface area contributed by atoms with Crippen LogP contribution >= 0.6 is 11.3 Å². The third-order valence-electron chi connectivity index (χ3n) is 5.73. The van der Waals surface area contributed by atoms with Crippen LogP contribution in [0.25, 0.3) is 10.2 Å². The van der Waals surface area contributed by atoms with E-state index in [-0.39, 0.29) is 5.91 Å². The van der Waals surface area contributed by atoms with Crippen LogP contribution in [0.5, 0.6) is 0 Å². The Morgan fingerprint density at radius 3 is 2.96 bits per heavy atom. The number of carbonyl (C=O) groups excluding carboxylic acids is 1. The summed E-state index contributed by atoms with van der Waals surface area (Å²) in [4.78, 5) is 16.9. The van der Waals surface area contributed by atoms with Gasteiger partial charge in [0.05, 0.1) is 15.2 Å². The zero-order valence-electron chi connectivity index (χ0n) is 13.6. The molecule has 4 heteroatoms. The molecule has 0 spiro atoms. The monoisotopic (exact) mass is 328 g/mol. The molecule has 1 heterocycles. The van der Waals surface area contributed by atoms with Crippen molar-refractivity contribution in [3.8, 4) is 0 Å². The second-order valence-electron chi connectivity index (χ2n) is 7.27. The van der Waals surface area contributed by atoms with Gasteiger partial charge in [-0.3, -0.25) is 4.79 Å². The third kappa shape index (κ3) is 3.14. The van der Waals surface area contributed by atoms with E-state index < -0.39 is 0 Å². The molecule has 23 heavy (non-hydrogen) atoms. The van der Waals surface area contributed by atoms with Gasteiger partial charge in [0.2, 0.25) is 5.91 Å². The van der Waals surface area contributed by atoms with Crippen molar-refractivity contribution in [3.05, 3.63) is 29.3 Å². The molecule has 2 saturated carbocycles. The third-order valence-corrected chi connectivity index (χ3v) is 6.82. The van der Waals surface area contributed by atoms with Crippen LogP contribution < -0.4 is 5.32 Å². The molecule has 1 aromatic carbocycles. The normalized spacial score (nSPS) is 27.4. The number of carbonyl (C=O) groups is 1. The molecule has 1 N–H and O–H groups in total. The van der Waals surface area contributed by atoms with Gasteiger partial charge in [-0.1, -0.05) is 18.6 Å². The SMILES string of the molecule is C[C@@H](NC(=O)CCc1nc2ccccc2s1)[C@H]1C[C@H]2CC[C@H]1C2. The number of aromatic nitrogens is 1. The maximum Gasteiger partial charge on any atom is 0.220 e. The summed E-state index contributed by atoms with van der Waals surface area (Å²) < 4.78 is 1.21. The zero-order valence-corrected chi connectivity index (χ0v) is 14.4. The maximum absolute atomic E-state index is 12.3. The molecule has 2 bridgehead atoms. The summed E-state index contributed by atoms with van der Waals surface area (Å²) in [6, 6.07) is 8.50. The Kier molecular flexibility index (Phi) is 4.10. The highest BCUT2D eigenvalue weighted by Crippen LogP contribution is 2.49. The van der Waals surface area contributed by atoms with Gasteiger partial charge in [-0.15, -0.1) is 11.3 Å². The van der Waals surface area contributed by atoms with Crippen molar-refractivity contribution in [1.29, 1.82) is 0 Å². The summed E-state index contributed by atoms with van der Waals surface area (Å²) in [5.41, 5.74) is 1.04. The van der Waals surface area contributed by atoms with E-state index >= 15 is 0 Å². The molecule has 2 fully saturated rings. The first-order chi connectivity index (χ1) is 11.2. The summed E-state index contributed by atoms with van der Waals surface area (Å²) in [6.45, 7) is 2.20. The maximum atomic E-state index is 12.3. The van der Waals surface area contributed by atoms with E-state index in [0.29, 0.717) is 18.4 Å². The van der Waals surface area contributed by atoms with Gasteiger partial charge in [0.1, 0.15) is 0 Å². The predicted molar refractivity (Wildman–Crippen MR) is 94.5 cm³/mol. The van der Waals surface area contributed by atoms with Crippen LogP contribution in [-0.4, -0.2) is 16.9 Å². The minimum Gasteiger partial charge on any atom is -0.353 e. The van der Waals surface area contributed by atoms with E-state index in [9.17, 15) is 4.79 Å². The molecule has 3 nitrogen and oxygen atoms in total. The Bertz CT molecular complexity index is 677. The Hall–Kier alpha value is -1.42. The highest BCUT2D eigenvalue weighted by Gasteiger charge is 2.42. The number of hydrogen-bond donors (Lipinski definition) is 1. The van der Waals surface area contributed by atoms with Crippen molar-refractivity contribution < 1.29 is 4.79 Å². The lowest BCUT2D eigenvalue weighted by atomic mass is 9.84. The van der Waals surface area contributed by atoms with Gasteiger partial charge in [-0.2, -0.15) is 0 Å². The molecule has 1 aromatic heterocycles. The lowest BCUT2D eigenvalue weighted by Crippen LogP contribution is -2.40. The number of nitrogens with zero attached hydrogens (tertiary/aromatic N) is 1. The Morgan fingerprint density at radius 1 is 1.35 bits per heavy atom. The predicted octanol–water partition coefficient (Wildman–Crippen LogP) is 4.17. The summed E-state index contributed by atoms with van der Waals surface area (Å²) in [5, 5.41) is 4.31. The smallest absolute Gasteiger partial charge is 0.220 e. The standard InChI is InChI=1S/C19H24N2OS/c1-12(15-11-13-6-7-14(15)10-13)20-18(22)8-9-19-21-16-4-2-3-5-17(16)23-19/h2-5,12-15H,6-11H2,1H3,(H,20,22)/t12-,13+,14+,15-/m1/s1. The van der Waals surface area contributed by atoms with Crippen LogP contribution in [0.15, 0.2) is 24.3 Å². The molecular formula is C19H24N2OS. The average Bonchev–Trinajstić information content (AvgIpc) is 3.26. The van der Waals surface area contributed by atoms with Gasteiger partial charge >= 0.3 is 0 Å². The van der Waals surface area contributed by atoms with Crippen molar-refractivity contribution >= 4 is 27.5 Å². The number of amides is 1. The molecule has 4 rings (SSSR count). The van der Waals surface area contributed by atoms with Crippen molar-refractivity contribution in [3.63, 3.8) is 0 Å². The fourth-order valence-electron chi connectivity index (χ4n) is 4.59. The molecule has 2 aliphatic rings. The number of benzene rings is 1. The van der Waals surface area contributed by atoms with E-state index in [1.165, 1.54) is 30.4 Å². The molecule has 4 atom stereocenters. The Morgan fingerprint density at radius 2 is 2.22 bits per heavy atom. The van der Waals surface area contributed by atoms with E-state index in [2.05, 4.69) is 23.3 Å². The first-order valence-corrected chi connectivity index (χ1v) is 9.64. The van der Waals surface area contributed by atoms with Crippen LogP contribution in [0.2, 0.25) is 0 Å². The Balaban J connectivity index is 1.30. The Labute approximate surface area is 141 Å². The van der Waals surface area contributed by atoms with Crippen molar-refractivity contribution in [2.75, 3.05) is 0 Å². The number of rotatable bonds is 5. The minimum absolute atomic E-state index is 0.180. The van der Waals surface area contributed by atoms with Gasteiger partial charge in [-0.25, -0.2) is 4.98 Å². The molecule has 122 valence electrons. The number of nitrogens with one attached hydrogen (secondary N) is 1. The number of para-hydroxylation sites is 1.